The lowest BCUT2D eigenvalue weighted by atomic mass is 9.90. The van der Waals surface area contributed by atoms with E-state index in [2.05, 4.69) is 0 Å². The maximum atomic E-state index is 12.1. The van der Waals surface area contributed by atoms with E-state index < -0.39 is 6.43 Å². The van der Waals surface area contributed by atoms with Gasteiger partial charge >= 0.3 is 0 Å². The zero-order valence-electron chi connectivity index (χ0n) is 9.66. The molecule has 0 saturated heterocycles. The summed E-state index contributed by atoms with van der Waals surface area (Å²) in [5.41, 5.74) is 7.27. The Morgan fingerprint density at radius 1 is 1.18 bits per heavy atom. The van der Waals surface area contributed by atoms with Gasteiger partial charge < -0.3 is 5.73 Å². The second kappa shape index (κ2) is 5.36. The van der Waals surface area contributed by atoms with Gasteiger partial charge in [0.05, 0.1) is 5.75 Å². The Kier molecular flexibility index (Phi) is 4.05. The first-order valence-corrected chi connectivity index (χ1v) is 6.89. The molecule has 1 fully saturated rings. The molecule has 1 aromatic carbocycles. The number of alkyl halides is 2. The third-order valence-corrected chi connectivity index (χ3v) is 4.33. The highest BCUT2D eigenvalue weighted by Gasteiger charge is 2.30. The van der Waals surface area contributed by atoms with E-state index >= 15 is 0 Å². The molecule has 94 valence electrons. The zero-order valence-corrected chi connectivity index (χ0v) is 10.5. The second-order valence-electron chi connectivity index (χ2n) is 4.59. The number of rotatable bonds is 4. The minimum atomic E-state index is -2.25. The number of nitrogens with two attached hydrogens (primary N) is 1. The molecule has 0 spiro atoms. The molecule has 17 heavy (non-hydrogen) atoms. The number of hydrogen-bond acceptors (Lipinski definition) is 2. The summed E-state index contributed by atoms with van der Waals surface area (Å²) < 4.78 is 24.1. The monoisotopic (exact) mass is 257 g/mol. The lowest BCUT2D eigenvalue weighted by Gasteiger charge is -2.24. The number of thioether (sulfide) groups is 1. The smallest absolute Gasteiger partial charge is 0.247 e. The number of benzene rings is 1. The van der Waals surface area contributed by atoms with Gasteiger partial charge in [0.2, 0.25) is 6.43 Å². The molecule has 1 aromatic rings. The van der Waals surface area contributed by atoms with Crippen molar-refractivity contribution in [2.75, 3.05) is 5.75 Å². The maximum Gasteiger partial charge on any atom is 0.247 e. The molecule has 2 rings (SSSR count). The fourth-order valence-electron chi connectivity index (χ4n) is 2.34. The van der Waals surface area contributed by atoms with Crippen molar-refractivity contribution in [2.24, 2.45) is 5.73 Å². The van der Waals surface area contributed by atoms with E-state index in [1.54, 1.807) is 0 Å². The molecule has 4 heteroatoms. The highest BCUT2D eigenvalue weighted by Crippen LogP contribution is 2.36. The van der Waals surface area contributed by atoms with Crippen LogP contribution in [0.15, 0.2) is 29.2 Å². The Morgan fingerprint density at radius 3 is 2.29 bits per heavy atom. The molecule has 1 aliphatic rings. The van der Waals surface area contributed by atoms with Gasteiger partial charge in [0.15, 0.2) is 0 Å². The molecule has 0 bridgehead atoms. The summed E-state index contributed by atoms with van der Waals surface area (Å²) in [6, 6.07) is 7.77. The Morgan fingerprint density at radius 2 is 1.76 bits per heavy atom. The molecule has 0 aromatic heterocycles. The van der Waals surface area contributed by atoms with Crippen molar-refractivity contribution in [3.63, 3.8) is 0 Å². The van der Waals surface area contributed by atoms with Crippen LogP contribution >= 0.6 is 11.8 Å². The fourth-order valence-corrected chi connectivity index (χ4v) is 2.98. The van der Waals surface area contributed by atoms with Crippen LogP contribution < -0.4 is 5.73 Å². The van der Waals surface area contributed by atoms with Crippen LogP contribution in [-0.2, 0) is 5.54 Å². The van der Waals surface area contributed by atoms with E-state index in [-0.39, 0.29) is 11.3 Å². The predicted molar refractivity (Wildman–Crippen MR) is 67.5 cm³/mol. The molecule has 0 heterocycles. The van der Waals surface area contributed by atoms with E-state index in [1.807, 2.05) is 24.3 Å². The Hall–Kier alpha value is -0.610. The van der Waals surface area contributed by atoms with Crippen LogP contribution in [0, 0.1) is 0 Å². The summed E-state index contributed by atoms with van der Waals surface area (Å²) in [5.74, 6) is -0.146. The van der Waals surface area contributed by atoms with Crippen LogP contribution in [0.3, 0.4) is 0 Å². The van der Waals surface area contributed by atoms with Gasteiger partial charge in [-0.3, -0.25) is 0 Å². The van der Waals surface area contributed by atoms with Crippen LogP contribution in [0.25, 0.3) is 0 Å². The number of hydrogen-bond donors (Lipinski definition) is 1. The molecule has 2 N–H and O–H groups in total. The average molecular weight is 257 g/mol. The van der Waals surface area contributed by atoms with Gasteiger partial charge in [0.1, 0.15) is 0 Å². The molecule has 1 saturated carbocycles. The first kappa shape index (κ1) is 12.8. The summed E-state index contributed by atoms with van der Waals surface area (Å²) >= 11 is 1.19. The summed E-state index contributed by atoms with van der Waals surface area (Å²) in [4.78, 5) is 0.885. The molecule has 1 aliphatic carbocycles. The minimum Gasteiger partial charge on any atom is -0.321 e. The van der Waals surface area contributed by atoms with Gasteiger partial charge in [-0.25, -0.2) is 8.78 Å². The van der Waals surface area contributed by atoms with Gasteiger partial charge in [-0.1, -0.05) is 25.0 Å². The number of halogens is 2. The summed E-state index contributed by atoms with van der Waals surface area (Å²) in [6.45, 7) is 0. The molecule has 0 aliphatic heterocycles. The summed E-state index contributed by atoms with van der Waals surface area (Å²) in [7, 11) is 0. The lowest BCUT2D eigenvalue weighted by Crippen LogP contribution is -2.32. The van der Waals surface area contributed by atoms with E-state index in [9.17, 15) is 8.78 Å². The van der Waals surface area contributed by atoms with Gasteiger partial charge in [-0.2, -0.15) is 0 Å². The third-order valence-electron chi connectivity index (χ3n) is 3.30. The topological polar surface area (TPSA) is 26.0 Å². The van der Waals surface area contributed by atoms with Crippen molar-refractivity contribution in [3.8, 4) is 0 Å². The fraction of sp³-hybridized carbons (Fsp3) is 0.538. The van der Waals surface area contributed by atoms with Crippen LogP contribution in [0.5, 0.6) is 0 Å². The lowest BCUT2D eigenvalue weighted by molar-refractivity contribution is 0.177. The van der Waals surface area contributed by atoms with Crippen molar-refractivity contribution in [1.29, 1.82) is 0 Å². The largest absolute Gasteiger partial charge is 0.321 e. The van der Waals surface area contributed by atoms with E-state index in [0.717, 1.165) is 23.3 Å². The first-order chi connectivity index (χ1) is 8.10. The quantitative estimate of drug-likeness (QED) is 0.831. The maximum absolute atomic E-state index is 12.1. The molecular formula is C13H17F2NS. The van der Waals surface area contributed by atoms with Crippen LogP contribution in [0.4, 0.5) is 8.78 Å². The highest BCUT2D eigenvalue weighted by atomic mass is 32.2. The molecular weight excluding hydrogens is 240 g/mol. The molecule has 0 unspecified atom stereocenters. The van der Waals surface area contributed by atoms with Gasteiger partial charge in [-0.15, -0.1) is 11.8 Å². The van der Waals surface area contributed by atoms with Crippen molar-refractivity contribution in [3.05, 3.63) is 29.8 Å². The molecule has 0 atom stereocenters. The Bertz CT molecular complexity index is 358. The van der Waals surface area contributed by atoms with Crippen LogP contribution in [0.2, 0.25) is 0 Å². The van der Waals surface area contributed by atoms with E-state index in [0.29, 0.717) is 0 Å². The molecule has 1 nitrogen and oxygen atoms in total. The van der Waals surface area contributed by atoms with Crippen molar-refractivity contribution < 1.29 is 8.78 Å². The molecule has 0 amide bonds. The Labute approximate surface area is 105 Å². The van der Waals surface area contributed by atoms with Crippen LogP contribution in [-0.4, -0.2) is 12.2 Å². The van der Waals surface area contributed by atoms with E-state index in [1.165, 1.54) is 24.6 Å². The zero-order chi connectivity index (χ0) is 12.3. The van der Waals surface area contributed by atoms with E-state index in [4.69, 9.17) is 5.73 Å². The third kappa shape index (κ3) is 3.19. The predicted octanol–water partition coefficient (Wildman–Crippen LogP) is 3.77. The average Bonchev–Trinajstić information content (AvgIpc) is 2.75. The normalized spacial score (nSPS) is 18.8. The van der Waals surface area contributed by atoms with Gasteiger partial charge in [0, 0.05) is 10.4 Å². The Balaban J connectivity index is 2.02. The standard InChI is InChI=1S/C13H17F2NS/c14-12(15)9-17-11-5-3-10(4-6-11)13(16)7-1-2-8-13/h3-6,12H,1-2,7-9,16H2. The molecule has 0 radical (unpaired) electrons. The van der Waals surface area contributed by atoms with Crippen LogP contribution in [0.1, 0.15) is 31.2 Å². The summed E-state index contributed by atoms with van der Waals surface area (Å²) in [6.07, 6.45) is 2.15. The second-order valence-corrected chi connectivity index (χ2v) is 5.68. The van der Waals surface area contributed by atoms with Crippen molar-refractivity contribution in [1.82, 2.24) is 0 Å². The SMILES string of the molecule is NC1(c2ccc(SCC(F)F)cc2)CCCC1. The van der Waals surface area contributed by atoms with Crippen molar-refractivity contribution in [2.45, 2.75) is 42.5 Å². The van der Waals surface area contributed by atoms with Crippen molar-refractivity contribution >= 4 is 11.8 Å². The van der Waals surface area contributed by atoms with Gasteiger partial charge in [-0.05, 0) is 30.5 Å². The minimum absolute atomic E-state index is 0.146. The van der Waals surface area contributed by atoms with Gasteiger partial charge in [0.25, 0.3) is 0 Å². The first-order valence-electron chi connectivity index (χ1n) is 5.90. The summed E-state index contributed by atoms with van der Waals surface area (Å²) in [5, 5.41) is 0. The highest BCUT2D eigenvalue weighted by molar-refractivity contribution is 7.99.